The molecule has 7 atom stereocenters. The van der Waals surface area contributed by atoms with Gasteiger partial charge in [0.1, 0.15) is 18.1 Å². The molecule has 3 saturated heterocycles. The molecule has 0 aliphatic carbocycles. The average molecular weight is 656 g/mol. The molecule has 8 N–H and O–H groups in total. The molecule has 0 aromatic rings. The lowest BCUT2D eigenvalue weighted by molar-refractivity contribution is -0.143. The number of aliphatic carboxylic acids is 1. The Morgan fingerprint density at radius 2 is 1.80 bits per heavy atom. The van der Waals surface area contributed by atoms with Crippen molar-refractivity contribution >= 4 is 53.3 Å². The van der Waals surface area contributed by atoms with Gasteiger partial charge in [-0.2, -0.15) is 11.8 Å². The third-order valence-corrected chi connectivity index (χ3v) is 9.93. The van der Waals surface area contributed by atoms with Gasteiger partial charge in [0.05, 0.1) is 31.8 Å². The minimum atomic E-state index is -1.51. The summed E-state index contributed by atoms with van der Waals surface area (Å²) in [6, 6.07) is -3.21. The van der Waals surface area contributed by atoms with E-state index in [9.17, 15) is 33.6 Å². The second-order valence-corrected chi connectivity index (χ2v) is 12.9. The van der Waals surface area contributed by atoms with Crippen molar-refractivity contribution in [3.8, 4) is 0 Å². The number of carboxylic acid groups (broad SMARTS) is 1. The van der Waals surface area contributed by atoms with E-state index in [-0.39, 0.29) is 42.9 Å². The predicted octanol–water partition coefficient (Wildman–Crippen LogP) is -1.97. The van der Waals surface area contributed by atoms with Crippen LogP contribution in [0.15, 0.2) is 0 Å². The highest BCUT2D eigenvalue weighted by Gasteiger charge is 2.42. The van der Waals surface area contributed by atoms with Crippen LogP contribution in [0.25, 0.3) is 0 Å². The second-order valence-electron chi connectivity index (χ2n) is 11.6. The molecule has 45 heavy (non-hydrogen) atoms. The normalized spacial score (nSPS) is 24.0. The Bertz CT molecular complexity index is 1130. The van der Waals surface area contributed by atoms with Crippen LogP contribution in [0.1, 0.15) is 58.8 Å². The second kappa shape index (κ2) is 17.2. The Morgan fingerprint density at radius 3 is 2.49 bits per heavy atom. The van der Waals surface area contributed by atoms with Gasteiger partial charge in [-0.25, -0.2) is 9.59 Å². The summed E-state index contributed by atoms with van der Waals surface area (Å²) in [5.41, 5.74) is 0. The van der Waals surface area contributed by atoms with E-state index in [4.69, 9.17) is 10.2 Å². The molecule has 16 nitrogen and oxygen atoms in total. The van der Waals surface area contributed by atoms with Crippen molar-refractivity contribution in [2.24, 2.45) is 5.92 Å². The van der Waals surface area contributed by atoms with Crippen LogP contribution in [0.3, 0.4) is 0 Å². The fraction of sp³-hybridized carbons (Fsp3) is 0.750. The van der Waals surface area contributed by atoms with Gasteiger partial charge < -0.3 is 47.0 Å². The number of hydrogen-bond acceptors (Lipinski definition) is 9. The first kappa shape index (κ1) is 35.9. The molecule has 0 radical (unpaired) electrons. The van der Waals surface area contributed by atoms with Crippen LogP contribution in [0, 0.1) is 5.92 Å². The molecule has 0 aromatic heterocycles. The van der Waals surface area contributed by atoms with Crippen molar-refractivity contribution in [2.45, 2.75) is 94.3 Å². The quantitative estimate of drug-likeness (QED) is 0.0636. The van der Waals surface area contributed by atoms with E-state index >= 15 is 0 Å². The monoisotopic (exact) mass is 655 g/mol. The fourth-order valence-electron chi connectivity index (χ4n) is 5.64. The van der Waals surface area contributed by atoms with E-state index in [1.54, 1.807) is 6.92 Å². The average Bonchev–Trinajstić information content (AvgIpc) is 3.74. The Hall–Kier alpha value is -3.60. The third kappa shape index (κ3) is 10.2. The van der Waals surface area contributed by atoms with Crippen LogP contribution in [0.2, 0.25) is 0 Å². The van der Waals surface area contributed by atoms with Crippen molar-refractivity contribution in [1.29, 1.82) is 0 Å². The lowest BCUT2D eigenvalue weighted by Crippen LogP contribution is -2.57. The summed E-state index contributed by atoms with van der Waals surface area (Å²) in [5.74, 6) is -3.54. The number of unbranched alkanes of at least 4 members (excludes halogenated alkanes) is 1. The number of carbonyl (C=O) groups excluding carboxylic acids is 6. The van der Waals surface area contributed by atoms with E-state index < -0.39 is 60.9 Å². The van der Waals surface area contributed by atoms with E-state index in [0.29, 0.717) is 37.5 Å². The molecule has 0 unspecified atom stereocenters. The maximum Gasteiger partial charge on any atom is 0.328 e. The zero-order valence-electron chi connectivity index (χ0n) is 25.6. The van der Waals surface area contributed by atoms with Crippen molar-refractivity contribution in [3.63, 3.8) is 0 Å². The largest absolute Gasteiger partial charge is 0.480 e. The van der Waals surface area contributed by atoms with Gasteiger partial charge in [0, 0.05) is 24.0 Å². The summed E-state index contributed by atoms with van der Waals surface area (Å²) in [6.45, 7) is 2.27. The van der Waals surface area contributed by atoms with Gasteiger partial charge in [-0.15, -0.1) is 0 Å². The molecular formula is C28H45N7O9S. The molecule has 0 saturated carbocycles. The molecule has 0 spiro atoms. The van der Waals surface area contributed by atoms with E-state index in [0.717, 1.165) is 18.6 Å². The standard InChI is InChI=1S/C28H45N7O9S/c1-3-15(2)23(26(41)30-11-21(38)31-16(13-36)27(42)43)33-25(40)18-7-6-10-35(18)22(39)12-29-20(37)9-5-4-8-19-24-17(14-45-19)32-28(44)34-24/h15-19,23-24,36H,3-14H2,1-2H3,(H,29,37)(H,30,41)(H,31,38)(H,33,40)(H,42,43)(H2,32,34,44)/t15-,16-,17-,18-,19-,23-,24-/m0/s1. The van der Waals surface area contributed by atoms with Gasteiger partial charge in [-0.05, 0) is 31.6 Å². The number of rotatable bonds is 17. The number of aliphatic hydroxyl groups excluding tert-OH is 1. The SMILES string of the molecule is CC[C@H](C)[C@H](NC(=O)[C@@H]1CCCN1C(=O)CNC(=O)CCCC[C@@H]1SC[C@@H]2NC(=O)N[C@@H]21)C(=O)NCC(=O)N[C@@H](CO)C(=O)O. The smallest absolute Gasteiger partial charge is 0.328 e. The molecule has 0 bridgehead atoms. The van der Waals surface area contributed by atoms with Crippen LogP contribution in [-0.4, -0.2) is 124 Å². The van der Waals surface area contributed by atoms with Crippen LogP contribution < -0.4 is 31.9 Å². The maximum atomic E-state index is 13.2. The van der Waals surface area contributed by atoms with Gasteiger partial charge in [-0.1, -0.05) is 26.7 Å². The lowest BCUT2D eigenvalue weighted by Gasteiger charge is -2.28. The number of thioether (sulfide) groups is 1. The molecule has 3 aliphatic rings. The zero-order valence-corrected chi connectivity index (χ0v) is 26.5. The molecule has 7 amide bonds. The molecule has 3 aliphatic heterocycles. The minimum absolute atomic E-state index is 0.117. The predicted molar refractivity (Wildman–Crippen MR) is 163 cm³/mol. The highest BCUT2D eigenvalue weighted by Crippen LogP contribution is 2.33. The molecule has 3 heterocycles. The number of carbonyl (C=O) groups is 7. The minimum Gasteiger partial charge on any atom is -0.480 e. The molecule has 0 aromatic carbocycles. The van der Waals surface area contributed by atoms with Crippen LogP contribution in [0.5, 0.6) is 0 Å². The highest BCUT2D eigenvalue weighted by atomic mass is 32.2. The Kier molecular flexibility index (Phi) is 13.7. The third-order valence-electron chi connectivity index (χ3n) is 8.43. The summed E-state index contributed by atoms with van der Waals surface area (Å²) in [4.78, 5) is 87.4. The first-order chi connectivity index (χ1) is 21.4. The maximum absolute atomic E-state index is 13.2. The fourth-order valence-corrected chi connectivity index (χ4v) is 7.18. The number of likely N-dealkylation sites (tertiary alicyclic amines) is 1. The van der Waals surface area contributed by atoms with Crippen molar-refractivity contribution in [3.05, 3.63) is 0 Å². The molecular weight excluding hydrogens is 610 g/mol. The number of nitrogens with one attached hydrogen (secondary N) is 6. The summed E-state index contributed by atoms with van der Waals surface area (Å²) in [7, 11) is 0. The number of nitrogens with zero attached hydrogens (tertiary/aromatic N) is 1. The van der Waals surface area contributed by atoms with Crippen molar-refractivity contribution < 1.29 is 43.8 Å². The van der Waals surface area contributed by atoms with Gasteiger partial charge >= 0.3 is 12.0 Å². The van der Waals surface area contributed by atoms with Crippen LogP contribution >= 0.6 is 11.8 Å². The van der Waals surface area contributed by atoms with Gasteiger partial charge in [-0.3, -0.25) is 24.0 Å². The Morgan fingerprint density at radius 1 is 1.04 bits per heavy atom. The van der Waals surface area contributed by atoms with Crippen LogP contribution in [0.4, 0.5) is 4.79 Å². The van der Waals surface area contributed by atoms with Crippen molar-refractivity contribution in [2.75, 3.05) is 32.0 Å². The van der Waals surface area contributed by atoms with Gasteiger partial charge in [0.15, 0.2) is 0 Å². The summed E-state index contributed by atoms with van der Waals surface area (Å²) in [5, 5.41) is 34.0. The van der Waals surface area contributed by atoms with E-state index in [1.807, 2.05) is 18.7 Å². The van der Waals surface area contributed by atoms with Gasteiger partial charge in [0.25, 0.3) is 0 Å². The summed E-state index contributed by atoms with van der Waals surface area (Å²) in [6.07, 6.45) is 4.07. The molecule has 252 valence electrons. The first-order valence-electron chi connectivity index (χ1n) is 15.4. The topological polar surface area (TPSA) is 235 Å². The number of fused-ring (bicyclic) bond motifs is 1. The Balaban J connectivity index is 1.41. The molecule has 17 heteroatoms. The number of aliphatic hydroxyl groups is 1. The summed E-state index contributed by atoms with van der Waals surface area (Å²) >= 11 is 1.82. The molecule has 3 rings (SSSR count). The number of carboxylic acids is 1. The number of urea groups is 1. The number of hydrogen-bond donors (Lipinski definition) is 8. The molecule has 3 fully saturated rings. The lowest BCUT2D eigenvalue weighted by atomic mass is 9.97. The first-order valence-corrected chi connectivity index (χ1v) is 16.5. The highest BCUT2D eigenvalue weighted by molar-refractivity contribution is 8.00. The number of amides is 7. The summed E-state index contributed by atoms with van der Waals surface area (Å²) < 4.78 is 0. The van der Waals surface area contributed by atoms with Gasteiger partial charge in [0.2, 0.25) is 29.5 Å². The zero-order chi connectivity index (χ0) is 33.1. The van der Waals surface area contributed by atoms with Crippen LogP contribution in [-0.2, 0) is 28.8 Å². The Labute approximate surface area is 265 Å². The van der Waals surface area contributed by atoms with Crippen molar-refractivity contribution in [1.82, 2.24) is 36.8 Å². The van der Waals surface area contributed by atoms with E-state index in [1.165, 1.54) is 4.90 Å². The van der Waals surface area contributed by atoms with E-state index in [2.05, 4.69) is 31.9 Å².